The van der Waals surface area contributed by atoms with Crippen molar-refractivity contribution in [3.63, 3.8) is 0 Å². The van der Waals surface area contributed by atoms with Crippen LogP contribution in [0, 0.1) is 23.0 Å². The van der Waals surface area contributed by atoms with Crippen molar-refractivity contribution in [3.05, 3.63) is 57.9 Å². The molecule has 1 N–H and O–H groups in total. The van der Waals surface area contributed by atoms with Gasteiger partial charge in [-0.25, -0.2) is 13.8 Å². The molecule has 0 saturated heterocycles. The van der Waals surface area contributed by atoms with E-state index in [1.165, 1.54) is 12.1 Å². The van der Waals surface area contributed by atoms with Gasteiger partial charge in [0.25, 0.3) is 5.91 Å². The topological polar surface area (TPSA) is 82.8 Å². The predicted octanol–water partition coefficient (Wildman–Crippen LogP) is 3.34. The van der Waals surface area contributed by atoms with Crippen molar-refractivity contribution >= 4 is 29.0 Å². The third kappa shape index (κ3) is 3.49. The molecular weight excluding hydrogens is 328 g/mol. The fraction of sp³-hybridized carbons (Fsp3) is 0.0667. The van der Waals surface area contributed by atoms with Gasteiger partial charge in [-0.1, -0.05) is 11.6 Å². The molecule has 1 aromatic heterocycles. The van der Waals surface area contributed by atoms with E-state index in [-0.39, 0.29) is 27.7 Å². The number of nitriles is 1. The van der Waals surface area contributed by atoms with Crippen LogP contribution in [-0.2, 0) is 0 Å². The fourth-order valence-corrected chi connectivity index (χ4v) is 1.98. The molecule has 0 radical (unpaired) electrons. The molecule has 0 fully saturated rings. The van der Waals surface area contributed by atoms with Gasteiger partial charge in [-0.2, -0.15) is 5.26 Å². The summed E-state index contributed by atoms with van der Waals surface area (Å²) in [5, 5.41) is 11.0. The van der Waals surface area contributed by atoms with Gasteiger partial charge in [-0.3, -0.25) is 9.59 Å². The number of nitrogens with zero attached hydrogens (tertiary/aromatic N) is 2. The highest BCUT2D eigenvalue weighted by molar-refractivity contribution is 6.34. The third-order valence-corrected chi connectivity index (χ3v) is 3.17. The van der Waals surface area contributed by atoms with Crippen LogP contribution in [0.4, 0.5) is 14.5 Å². The van der Waals surface area contributed by atoms with E-state index in [9.17, 15) is 18.4 Å². The first-order chi connectivity index (χ1) is 10.8. The van der Waals surface area contributed by atoms with Crippen molar-refractivity contribution in [1.29, 1.82) is 5.26 Å². The average molecular weight is 336 g/mol. The molecule has 5 nitrogen and oxygen atoms in total. The Morgan fingerprint density at radius 3 is 2.52 bits per heavy atom. The van der Waals surface area contributed by atoms with Gasteiger partial charge in [0.2, 0.25) is 0 Å². The summed E-state index contributed by atoms with van der Waals surface area (Å²) < 4.78 is 26.6. The third-order valence-electron chi connectivity index (χ3n) is 2.86. The Labute approximate surface area is 134 Å². The van der Waals surface area contributed by atoms with Crippen LogP contribution >= 0.6 is 11.6 Å². The Hall–Kier alpha value is -2.85. The predicted molar refractivity (Wildman–Crippen MR) is 78.3 cm³/mol. The molecule has 0 aliphatic heterocycles. The van der Waals surface area contributed by atoms with E-state index in [2.05, 4.69) is 10.3 Å². The number of carbonyl (C=O) groups is 2. The average Bonchev–Trinajstić information content (AvgIpc) is 2.50. The number of aromatic nitrogens is 1. The van der Waals surface area contributed by atoms with Crippen molar-refractivity contribution < 1.29 is 18.4 Å². The maximum atomic E-state index is 13.4. The summed E-state index contributed by atoms with van der Waals surface area (Å²) in [6, 6.07) is 5.74. The minimum absolute atomic E-state index is 0.0338. The highest BCUT2D eigenvalue weighted by Crippen LogP contribution is 2.22. The smallest absolute Gasteiger partial charge is 0.275 e. The lowest BCUT2D eigenvalue weighted by molar-refractivity contribution is 0.101. The van der Waals surface area contributed by atoms with E-state index in [0.717, 1.165) is 6.92 Å². The van der Waals surface area contributed by atoms with Crippen molar-refractivity contribution in [3.8, 4) is 6.07 Å². The summed E-state index contributed by atoms with van der Waals surface area (Å²) in [4.78, 5) is 27.4. The first-order valence-electron chi connectivity index (χ1n) is 6.21. The number of hydrogen-bond acceptors (Lipinski definition) is 4. The van der Waals surface area contributed by atoms with Crippen molar-refractivity contribution in [2.24, 2.45) is 0 Å². The monoisotopic (exact) mass is 335 g/mol. The number of nitrogens with one attached hydrogen (secondary N) is 1. The second kappa shape index (κ2) is 6.50. The van der Waals surface area contributed by atoms with Crippen LogP contribution in [0.25, 0.3) is 0 Å². The molecule has 0 unspecified atom stereocenters. The lowest BCUT2D eigenvalue weighted by Crippen LogP contribution is -2.17. The molecule has 8 heteroatoms. The maximum absolute atomic E-state index is 13.4. The minimum atomic E-state index is -1.23. The minimum Gasteiger partial charge on any atom is -0.320 e. The Kier molecular flexibility index (Phi) is 4.67. The number of Topliss-reactive ketones (excluding diaryl/α,β-unsaturated/α-hetero) is 1. The number of rotatable bonds is 3. The van der Waals surface area contributed by atoms with Gasteiger partial charge in [0.05, 0.1) is 10.7 Å². The number of ketones is 1. The van der Waals surface area contributed by atoms with E-state index in [1.54, 1.807) is 6.07 Å². The number of benzene rings is 1. The largest absolute Gasteiger partial charge is 0.320 e. The molecule has 2 aromatic rings. The van der Waals surface area contributed by atoms with Crippen molar-refractivity contribution in [2.75, 3.05) is 5.32 Å². The van der Waals surface area contributed by atoms with Gasteiger partial charge in [-0.15, -0.1) is 0 Å². The number of amides is 1. The highest BCUT2D eigenvalue weighted by Gasteiger charge is 2.18. The van der Waals surface area contributed by atoms with Crippen LogP contribution in [0.2, 0.25) is 5.02 Å². The summed E-state index contributed by atoms with van der Waals surface area (Å²) >= 11 is 5.84. The summed E-state index contributed by atoms with van der Waals surface area (Å²) in [6.07, 6.45) is 0. The molecule has 1 amide bonds. The lowest BCUT2D eigenvalue weighted by atomic mass is 10.1. The SMILES string of the molecule is CC(=O)c1cc(F)c(F)cc1NC(=O)c1nc(C#N)ccc1Cl. The van der Waals surface area contributed by atoms with Crippen LogP contribution < -0.4 is 5.32 Å². The summed E-state index contributed by atoms with van der Waals surface area (Å²) in [7, 11) is 0. The first kappa shape index (κ1) is 16.5. The Morgan fingerprint density at radius 1 is 1.26 bits per heavy atom. The fourth-order valence-electron chi connectivity index (χ4n) is 1.79. The lowest BCUT2D eigenvalue weighted by Gasteiger charge is -2.10. The second-order valence-electron chi connectivity index (χ2n) is 4.46. The van der Waals surface area contributed by atoms with Crippen LogP contribution in [0.15, 0.2) is 24.3 Å². The number of halogens is 3. The molecule has 0 atom stereocenters. The number of anilines is 1. The van der Waals surface area contributed by atoms with Gasteiger partial charge in [0.15, 0.2) is 17.4 Å². The van der Waals surface area contributed by atoms with Gasteiger partial charge in [-0.05, 0) is 25.1 Å². The number of carbonyl (C=O) groups excluding carboxylic acids is 2. The molecule has 23 heavy (non-hydrogen) atoms. The van der Waals surface area contributed by atoms with E-state index in [4.69, 9.17) is 16.9 Å². The quantitative estimate of drug-likeness (QED) is 0.872. The molecule has 0 bridgehead atoms. The normalized spacial score (nSPS) is 10.0. The molecule has 1 heterocycles. The molecule has 0 aliphatic carbocycles. The zero-order valence-electron chi connectivity index (χ0n) is 11.7. The molecule has 0 aliphatic rings. The zero-order chi connectivity index (χ0) is 17.1. The summed E-state index contributed by atoms with van der Waals surface area (Å²) in [5.74, 6) is -3.87. The van der Waals surface area contributed by atoms with Crippen molar-refractivity contribution in [2.45, 2.75) is 6.92 Å². The zero-order valence-corrected chi connectivity index (χ0v) is 12.4. The molecule has 0 saturated carbocycles. The molecule has 116 valence electrons. The van der Waals surface area contributed by atoms with Gasteiger partial charge in [0.1, 0.15) is 17.5 Å². The highest BCUT2D eigenvalue weighted by atomic mass is 35.5. The standard InChI is InChI=1S/C15H8ClF2N3O2/c1-7(22)9-4-11(17)12(18)5-13(9)21-15(23)14-10(16)3-2-8(6-19)20-14/h2-5H,1H3,(H,21,23). The van der Waals surface area contributed by atoms with E-state index >= 15 is 0 Å². The molecule has 2 rings (SSSR count). The van der Waals surface area contributed by atoms with E-state index in [1.807, 2.05) is 0 Å². The van der Waals surface area contributed by atoms with Crippen LogP contribution in [-0.4, -0.2) is 16.7 Å². The Bertz CT molecular complexity index is 863. The van der Waals surface area contributed by atoms with Gasteiger partial charge in [0, 0.05) is 11.6 Å². The molecule has 1 aromatic carbocycles. The van der Waals surface area contributed by atoms with Gasteiger partial charge >= 0.3 is 0 Å². The number of pyridine rings is 1. The maximum Gasteiger partial charge on any atom is 0.275 e. The Balaban J connectivity index is 2.44. The second-order valence-corrected chi connectivity index (χ2v) is 4.87. The van der Waals surface area contributed by atoms with E-state index < -0.39 is 23.3 Å². The molecule has 0 spiro atoms. The molecular formula is C15H8ClF2N3O2. The van der Waals surface area contributed by atoms with Crippen LogP contribution in [0.3, 0.4) is 0 Å². The van der Waals surface area contributed by atoms with Crippen LogP contribution in [0.1, 0.15) is 33.5 Å². The van der Waals surface area contributed by atoms with Gasteiger partial charge < -0.3 is 5.32 Å². The number of hydrogen-bond donors (Lipinski definition) is 1. The first-order valence-corrected chi connectivity index (χ1v) is 6.59. The van der Waals surface area contributed by atoms with Crippen molar-refractivity contribution in [1.82, 2.24) is 4.98 Å². The van der Waals surface area contributed by atoms with Crippen LogP contribution in [0.5, 0.6) is 0 Å². The van der Waals surface area contributed by atoms with E-state index in [0.29, 0.717) is 12.1 Å². The Morgan fingerprint density at radius 2 is 1.91 bits per heavy atom. The summed E-state index contributed by atoms with van der Waals surface area (Å²) in [5.41, 5.74) is -0.743. The summed E-state index contributed by atoms with van der Waals surface area (Å²) in [6.45, 7) is 1.14.